The van der Waals surface area contributed by atoms with E-state index in [1.54, 1.807) is 22.6 Å². The van der Waals surface area contributed by atoms with Gasteiger partial charge in [-0.15, -0.1) is 0 Å². The summed E-state index contributed by atoms with van der Waals surface area (Å²) in [7, 11) is 1.56. The normalized spacial score (nSPS) is 15.0. The summed E-state index contributed by atoms with van der Waals surface area (Å²) in [4.78, 5) is 40.6. The summed E-state index contributed by atoms with van der Waals surface area (Å²) < 4.78 is 8.04. The third-order valence-electron chi connectivity index (χ3n) is 5.47. The van der Waals surface area contributed by atoms with Crippen LogP contribution in [0.25, 0.3) is 5.65 Å². The Morgan fingerprint density at radius 3 is 2.63 bits per heavy atom. The first-order valence-electron chi connectivity index (χ1n) is 10.3. The van der Waals surface area contributed by atoms with E-state index >= 15 is 0 Å². The topological polar surface area (TPSA) is 97.9 Å². The lowest BCUT2D eigenvalue weighted by atomic mass is 9.93. The maximum atomic E-state index is 13.2. The molecule has 0 saturated heterocycles. The van der Waals surface area contributed by atoms with Gasteiger partial charge in [0.25, 0.3) is 11.5 Å². The summed E-state index contributed by atoms with van der Waals surface area (Å²) in [6, 6.07) is 1.81. The Balaban J connectivity index is 2.16. The Labute approximate surface area is 176 Å². The molecule has 3 rings (SSSR count). The van der Waals surface area contributed by atoms with Crippen molar-refractivity contribution < 1.29 is 14.3 Å². The van der Waals surface area contributed by atoms with Gasteiger partial charge in [0, 0.05) is 31.2 Å². The van der Waals surface area contributed by atoms with Gasteiger partial charge in [-0.3, -0.25) is 14.4 Å². The first-order chi connectivity index (χ1) is 14.1. The molecule has 30 heavy (non-hydrogen) atoms. The second-order valence-corrected chi connectivity index (χ2v) is 8.86. The van der Waals surface area contributed by atoms with E-state index in [0.717, 1.165) is 12.1 Å². The highest BCUT2D eigenvalue weighted by atomic mass is 16.5. The minimum atomic E-state index is -0.317. The summed E-state index contributed by atoms with van der Waals surface area (Å²) >= 11 is 0. The molecule has 1 unspecified atom stereocenters. The van der Waals surface area contributed by atoms with Crippen LogP contribution >= 0.6 is 0 Å². The Morgan fingerprint density at radius 1 is 1.33 bits per heavy atom. The molecule has 1 N–H and O–H groups in total. The molecule has 164 valence electrons. The molecule has 0 aliphatic carbocycles. The highest BCUT2D eigenvalue weighted by Gasteiger charge is 2.35. The lowest BCUT2D eigenvalue weighted by molar-refractivity contribution is -0.122. The molecule has 0 aromatic carbocycles. The number of amides is 2. The van der Waals surface area contributed by atoms with E-state index in [-0.39, 0.29) is 47.6 Å². The van der Waals surface area contributed by atoms with Crippen LogP contribution in [0.15, 0.2) is 10.9 Å². The number of methoxy groups -OCH3 is 1. The van der Waals surface area contributed by atoms with E-state index in [9.17, 15) is 14.4 Å². The number of aromatic nitrogens is 3. The Kier molecular flexibility index (Phi) is 6.03. The molecule has 1 aliphatic heterocycles. The van der Waals surface area contributed by atoms with Crippen LogP contribution in [0.1, 0.15) is 62.8 Å². The maximum Gasteiger partial charge on any atom is 0.280 e. The average Bonchev–Trinajstić information content (AvgIpc) is 3.26. The molecule has 0 bridgehead atoms. The summed E-state index contributed by atoms with van der Waals surface area (Å²) in [5.41, 5.74) is 1.20. The van der Waals surface area contributed by atoms with Crippen LogP contribution in [-0.2, 0) is 28.0 Å². The first kappa shape index (κ1) is 22.0. The van der Waals surface area contributed by atoms with E-state index in [0.29, 0.717) is 24.4 Å². The van der Waals surface area contributed by atoms with Gasteiger partial charge < -0.3 is 19.5 Å². The van der Waals surface area contributed by atoms with Crippen LogP contribution in [0, 0.1) is 0 Å². The van der Waals surface area contributed by atoms with Crippen LogP contribution < -0.4 is 10.9 Å². The molecule has 0 spiro atoms. The van der Waals surface area contributed by atoms with Gasteiger partial charge in [0.1, 0.15) is 17.9 Å². The van der Waals surface area contributed by atoms with Crippen molar-refractivity contribution in [1.82, 2.24) is 24.4 Å². The minimum Gasteiger partial charge on any atom is -0.383 e. The molecule has 3 heterocycles. The molecular formula is C21H31N5O4. The van der Waals surface area contributed by atoms with Crippen molar-refractivity contribution >= 4 is 17.5 Å². The molecule has 2 amide bonds. The van der Waals surface area contributed by atoms with Gasteiger partial charge in [-0.1, -0.05) is 27.7 Å². The summed E-state index contributed by atoms with van der Waals surface area (Å²) in [5, 5.41) is 7.45. The predicted octanol–water partition coefficient (Wildman–Crippen LogP) is 1.31. The fraction of sp³-hybridized carbons (Fsp3) is 0.619. The number of nitrogens with zero attached hydrogens (tertiary/aromatic N) is 4. The SMILES string of the molecule is CCC(C)NC(=O)Cn1c2c(c(=O)n3nc(C(C)(C)C)cc13)CN(CCOC)C2=O. The van der Waals surface area contributed by atoms with E-state index in [2.05, 4.69) is 10.4 Å². The molecule has 0 fully saturated rings. The molecule has 1 atom stereocenters. The quantitative estimate of drug-likeness (QED) is 0.733. The third kappa shape index (κ3) is 3.98. The van der Waals surface area contributed by atoms with Gasteiger partial charge in [-0.2, -0.15) is 9.61 Å². The van der Waals surface area contributed by atoms with Gasteiger partial charge in [0.15, 0.2) is 0 Å². The molecular weight excluding hydrogens is 386 g/mol. The highest BCUT2D eigenvalue weighted by molar-refractivity contribution is 5.97. The fourth-order valence-electron chi connectivity index (χ4n) is 3.49. The predicted molar refractivity (Wildman–Crippen MR) is 113 cm³/mol. The summed E-state index contributed by atoms with van der Waals surface area (Å²) in [6.07, 6.45) is 0.800. The Bertz CT molecular complexity index is 1030. The van der Waals surface area contributed by atoms with E-state index in [1.165, 1.54) is 4.52 Å². The molecule has 0 radical (unpaired) electrons. The maximum absolute atomic E-state index is 13.2. The second kappa shape index (κ2) is 8.22. The average molecular weight is 418 g/mol. The second-order valence-electron chi connectivity index (χ2n) is 8.86. The third-order valence-corrected chi connectivity index (χ3v) is 5.47. The smallest absolute Gasteiger partial charge is 0.280 e. The van der Waals surface area contributed by atoms with Crippen LogP contribution in [0.3, 0.4) is 0 Å². The number of ether oxygens (including phenoxy) is 1. The number of rotatable bonds is 7. The zero-order valence-corrected chi connectivity index (χ0v) is 18.6. The molecule has 1 aliphatic rings. The van der Waals surface area contributed by atoms with Crippen LogP contribution in [-0.4, -0.2) is 57.2 Å². The van der Waals surface area contributed by atoms with Gasteiger partial charge in [0.05, 0.1) is 24.4 Å². The van der Waals surface area contributed by atoms with Gasteiger partial charge in [-0.25, -0.2) is 0 Å². The number of fused-ring (bicyclic) bond motifs is 2. The first-order valence-corrected chi connectivity index (χ1v) is 10.3. The van der Waals surface area contributed by atoms with E-state index < -0.39 is 0 Å². The van der Waals surface area contributed by atoms with Crippen molar-refractivity contribution in [2.45, 2.75) is 65.6 Å². The van der Waals surface area contributed by atoms with Crippen molar-refractivity contribution in [2.24, 2.45) is 0 Å². The summed E-state index contributed by atoms with van der Waals surface area (Å²) in [5.74, 6) is -0.477. The highest BCUT2D eigenvalue weighted by Crippen LogP contribution is 2.26. The number of hydrogen-bond donors (Lipinski definition) is 1. The number of nitrogens with one attached hydrogen (secondary N) is 1. The zero-order valence-electron chi connectivity index (χ0n) is 18.6. The molecule has 9 heteroatoms. The summed E-state index contributed by atoms with van der Waals surface area (Å²) in [6.45, 7) is 10.8. The van der Waals surface area contributed by atoms with Crippen molar-refractivity contribution in [3.05, 3.63) is 33.4 Å². The monoisotopic (exact) mass is 417 g/mol. The molecule has 2 aromatic heterocycles. The molecule has 0 saturated carbocycles. The zero-order chi connectivity index (χ0) is 22.2. The largest absolute Gasteiger partial charge is 0.383 e. The lowest BCUT2D eigenvalue weighted by Gasteiger charge is -2.17. The fourth-order valence-corrected chi connectivity index (χ4v) is 3.49. The number of carbonyl (C=O) groups excluding carboxylic acids is 2. The molecule has 2 aromatic rings. The minimum absolute atomic E-state index is 0.0184. The Hall–Kier alpha value is -2.68. The van der Waals surface area contributed by atoms with E-state index in [1.807, 2.05) is 34.6 Å². The van der Waals surface area contributed by atoms with Crippen molar-refractivity contribution in [1.29, 1.82) is 0 Å². The van der Waals surface area contributed by atoms with E-state index in [4.69, 9.17) is 4.74 Å². The van der Waals surface area contributed by atoms with Crippen molar-refractivity contribution in [3.63, 3.8) is 0 Å². The lowest BCUT2D eigenvalue weighted by Crippen LogP contribution is -2.37. The van der Waals surface area contributed by atoms with Crippen LogP contribution in [0.2, 0.25) is 0 Å². The number of carbonyl (C=O) groups is 2. The van der Waals surface area contributed by atoms with Crippen LogP contribution in [0.5, 0.6) is 0 Å². The van der Waals surface area contributed by atoms with Crippen molar-refractivity contribution in [2.75, 3.05) is 20.3 Å². The van der Waals surface area contributed by atoms with Gasteiger partial charge >= 0.3 is 0 Å². The van der Waals surface area contributed by atoms with Crippen molar-refractivity contribution in [3.8, 4) is 0 Å². The molecule has 9 nitrogen and oxygen atoms in total. The Morgan fingerprint density at radius 2 is 2.03 bits per heavy atom. The van der Waals surface area contributed by atoms with Crippen LogP contribution in [0.4, 0.5) is 0 Å². The van der Waals surface area contributed by atoms with Gasteiger partial charge in [0.2, 0.25) is 5.91 Å². The van der Waals surface area contributed by atoms with Gasteiger partial charge in [-0.05, 0) is 13.3 Å². The standard InChI is InChI=1S/C21H31N5O4/c1-7-13(2)22-16(27)12-25-17-10-15(21(3,4)5)23-26(17)19(28)14-11-24(8-9-30-6)20(29)18(14)25/h10,13H,7-9,11-12H2,1-6H3,(H,22,27). The number of hydrogen-bond acceptors (Lipinski definition) is 5.